The van der Waals surface area contributed by atoms with E-state index in [0.717, 1.165) is 30.5 Å². The molecule has 0 spiro atoms. The SMILES string of the molecule is CCN1C(=O)CCC2(C(=O)NCc3cc(OC)cc(OC)c3)CCCC=C12. The molecule has 0 aromatic heterocycles. The predicted octanol–water partition coefficient (Wildman–Crippen LogP) is 3.02. The number of nitrogens with one attached hydrogen (secondary N) is 1. The van der Waals surface area contributed by atoms with Gasteiger partial charge in [0.1, 0.15) is 11.5 Å². The van der Waals surface area contributed by atoms with Gasteiger partial charge in [0.25, 0.3) is 0 Å². The number of benzene rings is 1. The van der Waals surface area contributed by atoms with Gasteiger partial charge in [-0.3, -0.25) is 9.59 Å². The van der Waals surface area contributed by atoms with E-state index in [1.54, 1.807) is 25.2 Å². The average Bonchev–Trinajstić information content (AvgIpc) is 2.71. The van der Waals surface area contributed by atoms with E-state index in [4.69, 9.17) is 9.47 Å². The van der Waals surface area contributed by atoms with Gasteiger partial charge in [-0.1, -0.05) is 6.08 Å². The quantitative estimate of drug-likeness (QED) is 0.833. The molecule has 6 heteroatoms. The second-order valence-electron chi connectivity index (χ2n) is 7.11. The average molecular weight is 372 g/mol. The Bertz CT molecular complexity index is 736. The minimum atomic E-state index is -0.592. The molecule has 6 nitrogen and oxygen atoms in total. The third-order valence-electron chi connectivity index (χ3n) is 5.61. The number of piperidine rings is 1. The van der Waals surface area contributed by atoms with Gasteiger partial charge in [-0.2, -0.15) is 0 Å². The van der Waals surface area contributed by atoms with Crippen LogP contribution in [0.4, 0.5) is 0 Å². The number of amides is 2. The zero-order valence-electron chi connectivity index (χ0n) is 16.3. The topological polar surface area (TPSA) is 67.9 Å². The van der Waals surface area contributed by atoms with Crippen LogP contribution in [0.2, 0.25) is 0 Å². The van der Waals surface area contributed by atoms with Gasteiger partial charge in [0.2, 0.25) is 11.8 Å². The van der Waals surface area contributed by atoms with E-state index in [2.05, 4.69) is 11.4 Å². The van der Waals surface area contributed by atoms with E-state index in [0.29, 0.717) is 37.4 Å². The van der Waals surface area contributed by atoms with Crippen LogP contribution in [0.1, 0.15) is 44.6 Å². The van der Waals surface area contributed by atoms with Crippen LogP contribution in [0.5, 0.6) is 11.5 Å². The fourth-order valence-corrected chi connectivity index (χ4v) is 4.19. The summed E-state index contributed by atoms with van der Waals surface area (Å²) >= 11 is 0. The monoisotopic (exact) mass is 372 g/mol. The van der Waals surface area contributed by atoms with Crippen LogP contribution < -0.4 is 14.8 Å². The first-order valence-electron chi connectivity index (χ1n) is 9.55. The number of ether oxygens (including phenoxy) is 2. The molecule has 1 unspecified atom stereocenters. The normalized spacial score (nSPS) is 22.0. The number of hydrogen-bond donors (Lipinski definition) is 1. The zero-order valence-corrected chi connectivity index (χ0v) is 16.3. The molecule has 1 fully saturated rings. The summed E-state index contributed by atoms with van der Waals surface area (Å²) in [6, 6.07) is 5.58. The smallest absolute Gasteiger partial charge is 0.232 e. The predicted molar refractivity (Wildman–Crippen MR) is 102 cm³/mol. The van der Waals surface area contributed by atoms with E-state index in [1.807, 2.05) is 19.1 Å². The Kier molecular flexibility index (Phi) is 5.73. The summed E-state index contributed by atoms with van der Waals surface area (Å²) in [5.74, 6) is 1.50. The van der Waals surface area contributed by atoms with Crippen LogP contribution in [0, 0.1) is 5.41 Å². The lowest BCUT2D eigenvalue weighted by atomic mass is 9.69. The summed E-state index contributed by atoms with van der Waals surface area (Å²) in [6.45, 7) is 2.96. The number of fused-ring (bicyclic) bond motifs is 1. The number of hydrogen-bond acceptors (Lipinski definition) is 4. The largest absolute Gasteiger partial charge is 0.497 e. The van der Waals surface area contributed by atoms with E-state index < -0.39 is 5.41 Å². The lowest BCUT2D eigenvalue weighted by molar-refractivity contribution is -0.140. The summed E-state index contributed by atoms with van der Waals surface area (Å²) in [6.07, 6.45) is 5.76. The van der Waals surface area contributed by atoms with Crippen molar-refractivity contribution in [1.29, 1.82) is 0 Å². The van der Waals surface area contributed by atoms with Gasteiger partial charge < -0.3 is 19.7 Å². The molecule has 27 heavy (non-hydrogen) atoms. The molecule has 1 heterocycles. The van der Waals surface area contributed by atoms with Crippen molar-refractivity contribution in [2.75, 3.05) is 20.8 Å². The Morgan fingerprint density at radius 1 is 1.19 bits per heavy atom. The minimum absolute atomic E-state index is 0.00110. The molecular weight excluding hydrogens is 344 g/mol. The molecule has 2 aliphatic rings. The van der Waals surface area contributed by atoms with E-state index in [-0.39, 0.29) is 11.8 Å². The first kappa shape index (κ1) is 19.3. The Labute approximate surface area is 160 Å². The molecule has 1 aromatic rings. The zero-order chi connectivity index (χ0) is 19.4. The van der Waals surface area contributed by atoms with Crippen LogP contribution in [0.25, 0.3) is 0 Å². The highest BCUT2D eigenvalue weighted by Gasteiger charge is 2.49. The van der Waals surface area contributed by atoms with Crippen molar-refractivity contribution in [3.05, 3.63) is 35.5 Å². The van der Waals surface area contributed by atoms with Crippen molar-refractivity contribution >= 4 is 11.8 Å². The molecule has 146 valence electrons. The lowest BCUT2D eigenvalue weighted by Crippen LogP contribution is -2.52. The van der Waals surface area contributed by atoms with Crippen molar-refractivity contribution < 1.29 is 19.1 Å². The Hall–Kier alpha value is -2.50. The Balaban J connectivity index is 1.80. The molecule has 1 aliphatic heterocycles. The van der Waals surface area contributed by atoms with E-state index >= 15 is 0 Å². The highest BCUT2D eigenvalue weighted by atomic mass is 16.5. The minimum Gasteiger partial charge on any atom is -0.497 e. The van der Waals surface area contributed by atoms with Crippen LogP contribution in [0.3, 0.4) is 0 Å². The summed E-state index contributed by atoms with van der Waals surface area (Å²) in [7, 11) is 3.21. The van der Waals surface area contributed by atoms with E-state index in [9.17, 15) is 9.59 Å². The van der Waals surface area contributed by atoms with Crippen molar-refractivity contribution in [3.63, 3.8) is 0 Å². The standard InChI is InChI=1S/C21H28N2O4/c1-4-23-18-7-5-6-9-21(18,10-8-19(23)24)20(25)22-14-15-11-16(26-2)13-17(12-15)27-3/h7,11-13H,4-6,8-10,14H2,1-3H3,(H,22,25). The highest BCUT2D eigenvalue weighted by Crippen LogP contribution is 2.46. The van der Waals surface area contributed by atoms with Gasteiger partial charge in [-0.15, -0.1) is 0 Å². The first-order chi connectivity index (χ1) is 13.0. The first-order valence-corrected chi connectivity index (χ1v) is 9.55. The van der Waals surface area contributed by atoms with Gasteiger partial charge in [0.15, 0.2) is 0 Å². The molecule has 2 amide bonds. The number of allylic oxidation sites excluding steroid dienone is 1. The van der Waals surface area contributed by atoms with Crippen molar-refractivity contribution in [2.45, 2.75) is 45.6 Å². The lowest BCUT2D eigenvalue weighted by Gasteiger charge is -2.45. The molecule has 1 saturated heterocycles. The number of likely N-dealkylation sites (tertiary alicyclic amines) is 1. The summed E-state index contributed by atoms with van der Waals surface area (Å²) in [4.78, 5) is 27.3. The summed E-state index contributed by atoms with van der Waals surface area (Å²) in [5, 5.41) is 3.09. The fourth-order valence-electron chi connectivity index (χ4n) is 4.19. The maximum atomic E-state index is 13.3. The van der Waals surface area contributed by atoms with Gasteiger partial charge >= 0.3 is 0 Å². The van der Waals surface area contributed by atoms with Gasteiger partial charge in [0, 0.05) is 31.3 Å². The molecule has 0 saturated carbocycles. The fraction of sp³-hybridized carbons (Fsp3) is 0.524. The molecule has 1 atom stereocenters. The Morgan fingerprint density at radius 2 is 1.89 bits per heavy atom. The van der Waals surface area contributed by atoms with Gasteiger partial charge in [-0.25, -0.2) is 0 Å². The third kappa shape index (κ3) is 3.66. The maximum absolute atomic E-state index is 13.3. The molecule has 3 rings (SSSR count). The number of carbonyl (C=O) groups is 2. The molecule has 1 N–H and O–H groups in total. The molecule has 0 radical (unpaired) electrons. The maximum Gasteiger partial charge on any atom is 0.232 e. The summed E-state index contributed by atoms with van der Waals surface area (Å²) < 4.78 is 10.6. The molecule has 1 aliphatic carbocycles. The van der Waals surface area contributed by atoms with E-state index in [1.165, 1.54) is 0 Å². The van der Waals surface area contributed by atoms with Crippen molar-refractivity contribution in [1.82, 2.24) is 10.2 Å². The number of carbonyl (C=O) groups excluding carboxylic acids is 2. The number of methoxy groups -OCH3 is 2. The summed E-state index contributed by atoms with van der Waals surface area (Å²) in [5.41, 5.74) is 1.22. The Morgan fingerprint density at radius 3 is 2.52 bits per heavy atom. The molecule has 1 aromatic carbocycles. The third-order valence-corrected chi connectivity index (χ3v) is 5.61. The van der Waals surface area contributed by atoms with Crippen LogP contribution in [-0.2, 0) is 16.1 Å². The molecule has 0 bridgehead atoms. The van der Waals surface area contributed by atoms with Crippen LogP contribution in [0.15, 0.2) is 30.0 Å². The van der Waals surface area contributed by atoms with Gasteiger partial charge in [0.05, 0.1) is 19.6 Å². The second kappa shape index (κ2) is 8.03. The molecular formula is C21H28N2O4. The van der Waals surface area contributed by atoms with Crippen LogP contribution >= 0.6 is 0 Å². The second-order valence-corrected chi connectivity index (χ2v) is 7.11. The van der Waals surface area contributed by atoms with Crippen molar-refractivity contribution in [3.8, 4) is 11.5 Å². The number of nitrogens with zero attached hydrogens (tertiary/aromatic N) is 1. The van der Waals surface area contributed by atoms with Crippen molar-refractivity contribution in [2.24, 2.45) is 5.41 Å². The van der Waals surface area contributed by atoms with Crippen LogP contribution in [-0.4, -0.2) is 37.5 Å². The highest BCUT2D eigenvalue weighted by molar-refractivity contribution is 5.91. The number of rotatable bonds is 6. The van der Waals surface area contributed by atoms with Gasteiger partial charge in [-0.05, 0) is 50.3 Å².